The minimum Gasteiger partial charge on any atom is -0.493 e. The van der Waals surface area contributed by atoms with Crippen molar-refractivity contribution in [1.82, 2.24) is 14.9 Å². The molecule has 1 amide bonds. The Kier molecular flexibility index (Phi) is 5.13. The normalized spacial score (nSPS) is 21.2. The van der Waals surface area contributed by atoms with Crippen molar-refractivity contribution in [2.75, 3.05) is 35.0 Å². The molecule has 3 aliphatic rings. The topological polar surface area (TPSA) is 123 Å². The van der Waals surface area contributed by atoms with Gasteiger partial charge < -0.3 is 33.8 Å². The molecule has 13 heteroatoms. The molecule has 10 nitrogen and oxygen atoms in total. The molecule has 1 aliphatic heterocycles. The Labute approximate surface area is 218 Å². The third kappa shape index (κ3) is 3.18. The number of methoxy groups -OCH3 is 4. The van der Waals surface area contributed by atoms with Gasteiger partial charge in [0, 0.05) is 40.7 Å². The van der Waals surface area contributed by atoms with Crippen molar-refractivity contribution in [1.29, 1.82) is 0 Å². The molecule has 6 rings (SSSR count). The summed E-state index contributed by atoms with van der Waals surface area (Å²) in [4.78, 5) is 45.9. The monoisotopic (exact) mass is 545 g/mol. The molecule has 2 aromatic heterocycles. The van der Waals surface area contributed by atoms with E-state index in [0.717, 1.165) is 7.11 Å². The Balaban J connectivity index is 1.45. The van der Waals surface area contributed by atoms with Gasteiger partial charge in [-0.2, -0.15) is 13.2 Å². The fourth-order valence-corrected chi connectivity index (χ4v) is 6.11. The SMILES string of the molecule is COC(=O)c1c(C(F)(F)F)[nH]c2c1[C@@]13C[C@@H]1CN(C(=O)c1cc4c(OC)c(OC)c(OC)cc4[nH]1)C3=CC2=O. The van der Waals surface area contributed by atoms with Crippen LogP contribution in [-0.4, -0.2) is 67.5 Å². The van der Waals surface area contributed by atoms with Crippen LogP contribution < -0.4 is 14.2 Å². The van der Waals surface area contributed by atoms with E-state index in [1.165, 1.54) is 32.3 Å². The number of aromatic amines is 2. The van der Waals surface area contributed by atoms with Crippen molar-refractivity contribution in [3.63, 3.8) is 0 Å². The van der Waals surface area contributed by atoms with Crippen molar-refractivity contribution >= 4 is 28.6 Å². The van der Waals surface area contributed by atoms with E-state index in [4.69, 9.17) is 14.2 Å². The van der Waals surface area contributed by atoms with Gasteiger partial charge in [0.2, 0.25) is 11.5 Å². The number of nitrogens with zero attached hydrogens (tertiary/aromatic N) is 1. The fraction of sp³-hybridized carbons (Fsp3) is 0.346. The number of aromatic nitrogens is 2. The lowest BCUT2D eigenvalue weighted by Crippen LogP contribution is -2.34. The summed E-state index contributed by atoms with van der Waals surface area (Å²) < 4.78 is 62.6. The van der Waals surface area contributed by atoms with Crippen LogP contribution in [0.15, 0.2) is 23.9 Å². The van der Waals surface area contributed by atoms with E-state index in [-0.39, 0.29) is 35.1 Å². The molecule has 3 aromatic rings. The molecule has 204 valence electrons. The van der Waals surface area contributed by atoms with Crippen molar-refractivity contribution in [3.8, 4) is 17.2 Å². The highest BCUT2D eigenvalue weighted by Crippen LogP contribution is 2.68. The van der Waals surface area contributed by atoms with Crippen LogP contribution in [0.1, 0.15) is 49.0 Å². The van der Waals surface area contributed by atoms with Gasteiger partial charge in [0.1, 0.15) is 11.4 Å². The molecule has 2 atom stereocenters. The van der Waals surface area contributed by atoms with Gasteiger partial charge in [-0.3, -0.25) is 9.59 Å². The van der Waals surface area contributed by atoms with Crippen molar-refractivity contribution in [2.45, 2.75) is 18.0 Å². The number of piperidine rings is 1. The van der Waals surface area contributed by atoms with Crippen LogP contribution in [0.4, 0.5) is 13.2 Å². The molecular weight excluding hydrogens is 523 g/mol. The summed E-state index contributed by atoms with van der Waals surface area (Å²) in [5.74, 6) is -1.68. The first-order valence-electron chi connectivity index (χ1n) is 11.8. The summed E-state index contributed by atoms with van der Waals surface area (Å²) in [6.45, 7) is 0.156. The number of ether oxygens (including phenoxy) is 4. The van der Waals surface area contributed by atoms with E-state index >= 15 is 0 Å². The number of halogens is 3. The molecule has 2 aliphatic carbocycles. The molecule has 0 unspecified atom stereocenters. The second kappa shape index (κ2) is 8.04. The number of ketones is 1. The van der Waals surface area contributed by atoms with Crippen LogP contribution in [0.5, 0.6) is 17.2 Å². The zero-order valence-electron chi connectivity index (χ0n) is 21.2. The number of esters is 1. The lowest BCUT2D eigenvalue weighted by atomic mass is 9.82. The second-order valence-corrected chi connectivity index (χ2v) is 9.59. The van der Waals surface area contributed by atoms with Crippen LogP contribution in [0.25, 0.3) is 10.9 Å². The Morgan fingerprint density at radius 3 is 2.38 bits per heavy atom. The van der Waals surface area contributed by atoms with Gasteiger partial charge in [-0.05, 0) is 18.4 Å². The van der Waals surface area contributed by atoms with Crippen LogP contribution in [0.2, 0.25) is 0 Å². The molecule has 1 spiro atoms. The highest BCUT2D eigenvalue weighted by molar-refractivity contribution is 6.12. The third-order valence-electron chi connectivity index (χ3n) is 7.79. The Bertz CT molecular complexity index is 1630. The first kappa shape index (κ1) is 24.9. The zero-order chi connectivity index (χ0) is 28.0. The molecule has 39 heavy (non-hydrogen) atoms. The number of carbonyl (C=O) groups is 3. The van der Waals surface area contributed by atoms with Crippen LogP contribution in [0.3, 0.4) is 0 Å². The molecule has 1 saturated heterocycles. The van der Waals surface area contributed by atoms with Gasteiger partial charge in [-0.15, -0.1) is 0 Å². The number of H-pyrrole nitrogens is 2. The summed E-state index contributed by atoms with van der Waals surface area (Å²) in [5.41, 5.74) is -2.56. The lowest BCUT2D eigenvalue weighted by molar-refractivity contribution is -0.141. The Hall–Kier alpha value is -4.42. The predicted molar refractivity (Wildman–Crippen MR) is 128 cm³/mol. The largest absolute Gasteiger partial charge is 0.493 e. The Morgan fingerprint density at radius 2 is 1.77 bits per heavy atom. The number of fused-ring (bicyclic) bond motifs is 2. The Morgan fingerprint density at radius 1 is 1.05 bits per heavy atom. The molecule has 0 bridgehead atoms. The van der Waals surface area contributed by atoms with Gasteiger partial charge in [-0.1, -0.05) is 0 Å². The average molecular weight is 545 g/mol. The number of hydrogen-bond donors (Lipinski definition) is 2. The minimum absolute atomic E-state index is 0.0581. The predicted octanol–water partition coefficient (Wildman–Crippen LogP) is 3.82. The van der Waals surface area contributed by atoms with Gasteiger partial charge in [-0.25, -0.2) is 4.79 Å². The maximum absolute atomic E-state index is 13.9. The summed E-state index contributed by atoms with van der Waals surface area (Å²) in [5, 5.41) is 0.544. The van der Waals surface area contributed by atoms with Crippen molar-refractivity contribution in [3.05, 3.63) is 52.1 Å². The maximum atomic E-state index is 13.9. The quantitative estimate of drug-likeness (QED) is 0.468. The molecular formula is C26H22F3N3O7. The number of nitrogens with one attached hydrogen (secondary N) is 2. The molecule has 1 aromatic carbocycles. The summed E-state index contributed by atoms with van der Waals surface area (Å²) >= 11 is 0. The second-order valence-electron chi connectivity index (χ2n) is 9.59. The van der Waals surface area contributed by atoms with Gasteiger partial charge in [0.25, 0.3) is 5.91 Å². The summed E-state index contributed by atoms with van der Waals surface area (Å²) in [6.07, 6.45) is -3.36. The van der Waals surface area contributed by atoms with E-state index in [1.54, 1.807) is 12.1 Å². The number of benzene rings is 1. The minimum atomic E-state index is -4.93. The maximum Gasteiger partial charge on any atom is 0.432 e. The highest BCUT2D eigenvalue weighted by atomic mass is 19.4. The molecule has 2 N–H and O–H groups in total. The van der Waals surface area contributed by atoms with Gasteiger partial charge >= 0.3 is 12.1 Å². The van der Waals surface area contributed by atoms with Crippen LogP contribution in [-0.2, 0) is 16.3 Å². The first-order valence-corrected chi connectivity index (χ1v) is 11.8. The number of carbonyl (C=O) groups excluding carboxylic acids is 3. The number of amides is 1. The molecule has 2 fully saturated rings. The first-order chi connectivity index (χ1) is 18.5. The van der Waals surface area contributed by atoms with Gasteiger partial charge in [0.15, 0.2) is 11.5 Å². The number of hydrogen-bond acceptors (Lipinski definition) is 7. The molecule has 1 saturated carbocycles. The third-order valence-corrected chi connectivity index (χ3v) is 7.79. The number of likely N-dealkylation sites (tertiary alicyclic amines) is 1. The van der Waals surface area contributed by atoms with Crippen LogP contribution >= 0.6 is 0 Å². The van der Waals surface area contributed by atoms with Crippen molar-refractivity contribution < 1.29 is 46.5 Å². The van der Waals surface area contributed by atoms with E-state index in [0.29, 0.717) is 34.6 Å². The standard InChI is InChI=1S/C26H22F3N3O7/c1-36-15-6-12-11(20(37-2)21(15)38-3)5-13(30-12)23(34)32-9-10-8-25(10)16(32)7-14(33)19-18(25)17(24(35)39-4)22(31-19)26(27,28)29/h5-7,10,30-31H,8-9H2,1-4H3/t10-,25+/m1/s1. The van der Waals surface area contributed by atoms with Gasteiger partial charge in [0.05, 0.1) is 45.2 Å². The average Bonchev–Trinajstić information content (AvgIpc) is 3.22. The fourth-order valence-electron chi connectivity index (χ4n) is 6.11. The molecule has 3 heterocycles. The zero-order valence-corrected chi connectivity index (χ0v) is 21.2. The van der Waals surface area contributed by atoms with Crippen molar-refractivity contribution in [2.24, 2.45) is 5.92 Å². The summed E-state index contributed by atoms with van der Waals surface area (Å²) in [6, 6.07) is 3.22. The smallest absolute Gasteiger partial charge is 0.432 e. The van der Waals surface area contributed by atoms with E-state index in [2.05, 4.69) is 14.7 Å². The summed E-state index contributed by atoms with van der Waals surface area (Å²) in [7, 11) is 5.34. The number of allylic oxidation sites excluding steroid dienone is 2. The highest BCUT2D eigenvalue weighted by Gasteiger charge is 2.69. The van der Waals surface area contributed by atoms with Crippen LogP contribution in [0, 0.1) is 5.92 Å². The van der Waals surface area contributed by atoms with E-state index in [1.807, 2.05) is 0 Å². The number of rotatable bonds is 5. The number of alkyl halides is 3. The van der Waals surface area contributed by atoms with E-state index < -0.39 is 40.5 Å². The van der Waals surface area contributed by atoms with E-state index in [9.17, 15) is 27.6 Å². The molecule has 0 radical (unpaired) electrons. The lowest BCUT2D eigenvalue weighted by Gasteiger charge is -2.28.